The van der Waals surface area contributed by atoms with E-state index in [1.807, 2.05) is 6.92 Å². The Kier molecular flexibility index (Phi) is 24.2. The van der Waals surface area contributed by atoms with E-state index in [1.165, 1.54) is 95.9 Å². The van der Waals surface area contributed by atoms with Crippen molar-refractivity contribution in [3.8, 4) is 0 Å². The van der Waals surface area contributed by atoms with Gasteiger partial charge in [0.2, 0.25) is 0 Å². The van der Waals surface area contributed by atoms with Crippen LogP contribution in [0.3, 0.4) is 0 Å². The van der Waals surface area contributed by atoms with Crippen LogP contribution in [0.15, 0.2) is 18.2 Å². The third-order valence-corrected chi connectivity index (χ3v) is 8.03. The quantitative estimate of drug-likeness (QED) is 0.108. The molecule has 0 amide bonds. The van der Waals surface area contributed by atoms with Crippen LogP contribution in [-0.4, -0.2) is 49.2 Å². The zero-order valence-corrected chi connectivity index (χ0v) is 26.6. The number of unbranched alkanes of at least 4 members (excludes halogenated alkanes) is 9. The Bertz CT molecular complexity index is 709. The van der Waals surface area contributed by atoms with Gasteiger partial charge in [-0.25, -0.2) is 8.78 Å². The molecule has 2 atom stereocenters. The highest BCUT2D eigenvalue weighted by atomic mass is 31.2. The molecule has 8 heteroatoms. The average Bonchev–Trinajstić information content (AvgIpc) is 2.94. The Morgan fingerprint density at radius 3 is 1.98 bits per heavy atom. The Hall–Kier alpha value is -0.690. The molecule has 1 aliphatic rings. The van der Waals surface area contributed by atoms with Gasteiger partial charge in [0.15, 0.2) is 0 Å². The van der Waals surface area contributed by atoms with Crippen molar-refractivity contribution in [2.24, 2.45) is 0 Å². The molecule has 0 aromatic heterocycles. The van der Waals surface area contributed by atoms with Crippen molar-refractivity contribution >= 4 is 8.60 Å². The molecule has 234 valence electrons. The smallest absolute Gasteiger partial charge is 0.329 e. The zero-order chi connectivity index (χ0) is 29.3. The van der Waals surface area contributed by atoms with Gasteiger partial charge in [0.1, 0.15) is 11.6 Å². The number of hydrogen-bond acceptors (Lipinski definition) is 5. The molecule has 1 N–H and O–H groups in total. The van der Waals surface area contributed by atoms with Gasteiger partial charge in [0, 0.05) is 11.6 Å². The summed E-state index contributed by atoms with van der Waals surface area (Å²) in [4.78, 5) is 12.0. The first-order valence-corrected chi connectivity index (χ1v) is 17.1. The van der Waals surface area contributed by atoms with E-state index < -0.39 is 20.2 Å². The molecule has 1 aromatic carbocycles. The summed E-state index contributed by atoms with van der Waals surface area (Å²) < 4.78 is 43.6. The summed E-state index contributed by atoms with van der Waals surface area (Å²) in [6.45, 7) is 7.95. The fourth-order valence-electron chi connectivity index (χ4n) is 4.72. The Morgan fingerprint density at radius 2 is 1.40 bits per heavy atom. The number of rotatable bonds is 22. The van der Waals surface area contributed by atoms with Crippen LogP contribution in [0.1, 0.15) is 129 Å². The SMILES string of the molecule is CCCCCCCCCCCC(CCCCOP(O)OCCC)OCc1ccc(F)cc1F.CN1CCCCC1. The van der Waals surface area contributed by atoms with Crippen LogP contribution in [-0.2, 0) is 20.4 Å². The van der Waals surface area contributed by atoms with Gasteiger partial charge < -0.3 is 23.6 Å². The molecule has 0 radical (unpaired) electrons. The number of halogens is 2. The second kappa shape index (κ2) is 26.0. The summed E-state index contributed by atoms with van der Waals surface area (Å²) in [7, 11) is 0.407. The van der Waals surface area contributed by atoms with Gasteiger partial charge in [-0.3, -0.25) is 0 Å². The first-order valence-electron chi connectivity index (χ1n) is 15.9. The molecule has 1 heterocycles. The summed E-state index contributed by atoms with van der Waals surface area (Å²) >= 11 is 0. The average molecular weight is 590 g/mol. The highest BCUT2D eigenvalue weighted by Gasteiger charge is 2.13. The first-order chi connectivity index (χ1) is 19.5. The van der Waals surface area contributed by atoms with Crippen LogP contribution in [0.5, 0.6) is 0 Å². The van der Waals surface area contributed by atoms with Crippen LogP contribution >= 0.6 is 8.60 Å². The molecular formula is C32H58F2NO4P. The van der Waals surface area contributed by atoms with Gasteiger partial charge in [0.25, 0.3) is 0 Å². The standard InChI is InChI=1S/C26H45F2O4P.C6H13N/c1-3-5-6-7-8-9-10-11-12-15-25(16-13-14-20-32-33(29)31-19-4-2)30-22-23-17-18-24(27)21-26(23)28;1-7-5-3-2-4-6-7/h17-18,21,25,29H,3-16,19-20,22H2,1-2H3;2-6H2,1H3. The van der Waals surface area contributed by atoms with Gasteiger partial charge in [-0.2, -0.15) is 0 Å². The molecule has 0 saturated carbocycles. The third kappa shape index (κ3) is 21.1. The van der Waals surface area contributed by atoms with E-state index >= 15 is 0 Å². The molecular weight excluding hydrogens is 531 g/mol. The third-order valence-electron chi connectivity index (χ3n) is 7.23. The molecule has 1 fully saturated rings. The van der Waals surface area contributed by atoms with Crippen molar-refractivity contribution in [3.63, 3.8) is 0 Å². The lowest BCUT2D eigenvalue weighted by Gasteiger charge is -2.20. The maximum Gasteiger partial charge on any atom is 0.329 e. The van der Waals surface area contributed by atoms with E-state index in [4.69, 9.17) is 13.8 Å². The van der Waals surface area contributed by atoms with Crippen molar-refractivity contribution < 1.29 is 27.5 Å². The minimum absolute atomic E-state index is 0.0333. The van der Waals surface area contributed by atoms with Crippen molar-refractivity contribution in [1.29, 1.82) is 0 Å². The summed E-state index contributed by atoms with van der Waals surface area (Å²) in [6.07, 6.45) is 20.1. The summed E-state index contributed by atoms with van der Waals surface area (Å²) in [5.41, 5.74) is 0.385. The van der Waals surface area contributed by atoms with E-state index in [-0.39, 0.29) is 12.7 Å². The highest BCUT2D eigenvalue weighted by Crippen LogP contribution is 2.33. The van der Waals surface area contributed by atoms with E-state index in [9.17, 15) is 13.7 Å². The molecule has 1 saturated heterocycles. The van der Waals surface area contributed by atoms with E-state index in [2.05, 4.69) is 18.9 Å². The monoisotopic (exact) mass is 589 g/mol. The topological polar surface area (TPSA) is 51.2 Å². The predicted molar refractivity (Wildman–Crippen MR) is 163 cm³/mol. The van der Waals surface area contributed by atoms with Crippen LogP contribution in [0.2, 0.25) is 0 Å². The molecule has 0 bridgehead atoms. The second-order valence-electron chi connectivity index (χ2n) is 11.0. The zero-order valence-electron chi connectivity index (χ0n) is 25.7. The fraction of sp³-hybridized carbons (Fsp3) is 0.812. The molecule has 1 aliphatic heterocycles. The van der Waals surface area contributed by atoms with Gasteiger partial charge in [0.05, 0.1) is 25.9 Å². The molecule has 1 aromatic rings. The predicted octanol–water partition coefficient (Wildman–Crippen LogP) is 9.71. The van der Waals surface area contributed by atoms with Gasteiger partial charge in [-0.1, -0.05) is 84.1 Å². The van der Waals surface area contributed by atoms with Gasteiger partial charge in [-0.05, 0) is 71.1 Å². The maximum atomic E-state index is 13.9. The Balaban J connectivity index is 0.000000985. The highest BCUT2D eigenvalue weighted by molar-refractivity contribution is 7.40. The number of nitrogens with zero attached hydrogens (tertiary/aromatic N) is 1. The van der Waals surface area contributed by atoms with Crippen molar-refractivity contribution in [2.45, 2.75) is 136 Å². The van der Waals surface area contributed by atoms with Crippen LogP contribution in [0.4, 0.5) is 8.78 Å². The fourth-order valence-corrected chi connectivity index (χ4v) is 5.41. The summed E-state index contributed by atoms with van der Waals surface area (Å²) in [5, 5.41) is 0. The molecule has 40 heavy (non-hydrogen) atoms. The number of hydrogen-bond donors (Lipinski definition) is 1. The number of ether oxygens (including phenoxy) is 1. The van der Waals surface area contributed by atoms with Crippen molar-refractivity contribution in [3.05, 3.63) is 35.4 Å². The van der Waals surface area contributed by atoms with E-state index in [0.717, 1.165) is 44.6 Å². The lowest BCUT2D eigenvalue weighted by Crippen LogP contribution is -2.24. The molecule has 0 spiro atoms. The lowest BCUT2D eigenvalue weighted by molar-refractivity contribution is 0.0241. The van der Waals surface area contributed by atoms with E-state index in [0.29, 0.717) is 18.8 Å². The molecule has 0 aliphatic carbocycles. The van der Waals surface area contributed by atoms with Gasteiger partial charge >= 0.3 is 8.60 Å². The largest absolute Gasteiger partial charge is 0.373 e. The first kappa shape index (κ1) is 37.3. The van der Waals surface area contributed by atoms with Crippen LogP contribution in [0.25, 0.3) is 0 Å². The summed E-state index contributed by atoms with van der Waals surface area (Å²) in [5.74, 6) is -1.14. The van der Waals surface area contributed by atoms with Gasteiger partial charge in [-0.15, -0.1) is 0 Å². The number of benzene rings is 1. The summed E-state index contributed by atoms with van der Waals surface area (Å²) in [6, 6.07) is 3.62. The number of piperidine rings is 1. The van der Waals surface area contributed by atoms with E-state index in [1.54, 1.807) is 0 Å². The maximum absolute atomic E-state index is 13.9. The molecule has 5 nitrogen and oxygen atoms in total. The van der Waals surface area contributed by atoms with Crippen LogP contribution in [0, 0.1) is 11.6 Å². The molecule has 2 rings (SSSR count). The number of likely N-dealkylation sites (tertiary alicyclic amines) is 1. The Morgan fingerprint density at radius 1 is 0.800 bits per heavy atom. The minimum atomic E-state index is -1.79. The Labute approximate surface area is 245 Å². The second-order valence-corrected chi connectivity index (χ2v) is 12.0. The minimum Gasteiger partial charge on any atom is -0.373 e. The van der Waals surface area contributed by atoms with Crippen molar-refractivity contribution in [1.82, 2.24) is 4.90 Å². The van der Waals surface area contributed by atoms with Crippen molar-refractivity contribution in [2.75, 3.05) is 33.4 Å². The normalized spacial score (nSPS) is 15.4. The molecule has 2 unspecified atom stereocenters. The lowest BCUT2D eigenvalue weighted by atomic mass is 10.0. The van der Waals surface area contributed by atoms with Crippen LogP contribution < -0.4 is 0 Å².